The van der Waals surface area contributed by atoms with Crippen molar-refractivity contribution in [3.8, 4) is 33.7 Å². The summed E-state index contributed by atoms with van der Waals surface area (Å²) in [7, 11) is 0. The fraction of sp³-hybridized carbons (Fsp3) is 0.0755. The highest BCUT2D eigenvalue weighted by Gasteiger charge is 2.46. The van der Waals surface area contributed by atoms with Crippen LogP contribution in [0.3, 0.4) is 0 Å². The second-order valence-electron chi connectivity index (χ2n) is 15.5. The van der Waals surface area contributed by atoms with Gasteiger partial charge in [0.15, 0.2) is 5.58 Å². The minimum atomic E-state index is -0.516. The van der Waals surface area contributed by atoms with Crippen LogP contribution in [0, 0.1) is 0 Å². The number of aromatic nitrogens is 1. The van der Waals surface area contributed by atoms with Crippen LogP contribution in [0.5, 0.6) is 0 Å². The van der Waals surface area contributed by atoms with Gasteiger partial charge < -0.3 is 9.32 Å². The van der Waals surface area contributed by atoms with Gasteiger partial charge in [0.1, 0.15) is 5.52 Å². The molecule has 8 aromatic carbocycles. The molecule has 2 aliphatic rings. The van der Waals surface area contributed by atoms with Crippen LogP contribution in [0.15, 0.2) is 199 Å². The highest BCUT2D eigenvalue weighted by molar-refractivity contribution is 5.92. The SMILES string of the molecule is CC1(C)c2ccccc2-c2ccc(N(c3ccc4c(c3)C(c3ccccc3)(c3ccccc3)c3ccccc3-4)c3ccc4oc(-c5ccccc5)nc4c3)cc21. The molecule has 0 aliphatic heterocycles. The van der Waals surface area contributed by atoms with Crippen LogP contribution < -0.4 is 4.90 Å². The third-order valence-electron chi connectivity index (χ3n) is 12.2. The summed E-state index contributed by atoms with van der Waals surface area (Å²) in [5.41, 5.74) is 17.9. The van der Waals surface area contributed by atoms with E-state index >= 15 is 0 Å². The summed E-state index contributed by atoms with van der Waals surface area (Å²) in [6.07, 6.45) is 0. The van der Waals surface area contributed by atoms with Crippen LogP contribution in [-0.2, 0) is 10.8 Å². The molecular weight excluding hydrogens is 681 g/mol. The highest BCUT2D eigenvalue weighted by atomic mass is 16.3. The Labute approximate surface area is 327 Å². The van der Waals surface area contributed by atoms with Crippen LogP contribution in [0.1, 0.15) is 47.2 Å². The zero-order valence-corrected chi connectivity index (χ0v) is 31.3. The van der Waals surface area contributed by atoms with E-state index in [-0.39, 0.29) is 5.41 Å². The molecule has 9 aromatic rings. The second-order valence-corrected chi connectivity index (χ2v) is 15.5. The van der Waals surface area contributed by atoms with Gasteiger partial charge in [0, 0.05) is 28.0 Å². The number of hydrogen-bond acceptors (Lipinski definition) is 3. The molecule has 0 fully saturated rings. The Morgan fingerprint density at radius 1 is 0.429 bits per heavy atom. The van der Waals surface area contributed by atoms with E-state index in [4.69, 9.17) is 9.40 Å². The fourth-order valence-corrected chi connectivity index (χ4v) is 9.61. The standard InChI is InChI=1S/C53H38N2O/c1-52(2)45-24-14-12-22-41(45)43-29-26-38(32-47(43)52)55(40-28-31-50-49(34-40)54-51(56-50)35-16-6-3-7-17-35)39-27-30-44-42-23-13-15-25-46(42)53(48(44)33-39,36-18-8-4-9-19-36)37-20-10-5-11-21-37/h3-34H,1-2H3. The van der Waals surface area contributed by atoms with Crippen molar-refractivity contribution in [3.63, 3.8) is 0 Å². The van der Waals surface area contributed by atoms with Gasteiger partial charge >= 0.3 is 0 Å². The number of benzene rings is 8. The predicted octanol–water partition coefficient (Wildman–Crippen LogP) is 13.6. The largest absolute Gasteiger partial charge is 0.436 e. The lowest BCUT2D eigenvalue weighted by atomic mass is 9.67. The van der Waals surface area contributed by atoms with Gasteiger partial charge in [-0.1, -0.05) is 153 Å². The zero-order valence-electron chi connectivity index (χ0n) is 31.3. The maximum absolute atomic E-state index is 6.32. The molecule has 266 valence electrons. The number of oxazole rings is 1. The first-order chi connectivity index (χ1) is 27.5. The van der Waals surface area contributed by atoms with E-state index in [1.807, 2.05) is 30.3 Å². The number of fused-ring (bicyclic) bond motifs is 7. The van der Waals surface area contributed by atoms with Crippen LogP contribution in [0.25, 0.3) is 44.8 Å². The Kier molecular flexibility index (Phi) is 7.11. The Bertz CT molecular complexity index is 2900. The van der Waals surface area contributed by atoms with Gasteiger partial charge in [0.25, 0.3) is 0 Å². The average molecular weight is 719 g/mol. The van der Waals surface area contributed by atoms with Crippen LogP contribution >= 0.6 is 0 Å². The van der Waals surface area contributed by atoms with Gasteiger partial charge in [-0.25, -0.2) is 4.98 Å². The minimum absolute atomic E-state index is 0.149. The number of rotatable bonds is 6. The summed E-state index contributed by atoms with van der Waals surface area (Å²) in [6.45, 7) is 4.69. The van der Waals surface area contributed by atoms with Gasteiger partial charge in [-0.3, -0.25) is 0 Å². The van der Waals surface area contributed by atoms with E-state index in [9.17, 15) is 0 Å². The molecule has 2 aliphatic carbocycles. The highest BCUT2D eigenvalue weighted by Crippen LogP contribution is 2.58. The molecule has 11 rings (SSSR count). The van der Waals surface area contributed by atoms with Crippen molar-refractivity contribution in [2.75, 3.05) is 4.90 Å². The van der Waals surface area contributed by atoms with Gasteiger partial charge in [0.05, 0.1) is 5.41 Å². The Hall–Kier alpha value is -6.97. The normalized spacial score (nSPS) is 14.2. The molecule has 1 heterocycles. The number of nitrogens with zero attached hydrogens (tertiary/aromatic N) is 2. The first-order valence-electron chi connectivity index (χ1n) is 19.4. The molecular formula is C53H38N2O. The predicted molar refractivity (Wildman–Crippen MR) is 229 cm³/mol. The van der Waals surface area contributed by atoms with Crippen molar-refractivity contribution in [1.29, 1.82) is 0 Å². The summed E-state index contributed by atoms with van der Waals surface area (Å²) < 4.78 is 6.32. The summed E-state index contributed by atoms with van der Waals surface area (Å²) >= 11 is 0. The quantitative estimate of drug-likeness (QED) is 0.171. The van der Waals surface area contributed by atoms with E-state index in [2.05, 4.69) is 183 Å². The molecule has 3 nitrogen and oxygen atoms in total. The number of anilines is 3. The van der Waals surface area contributed by atoms with Crippen molar-refractivity contribution in [3.05, 3.63) is 228 Å². The Morgan fingerprint density at radius 3 is 1.57 bits per heavy atom. The molecule has 0 unspecified atom stereocenters. The number of hydrogen-bond donors (Lipinski definition) is 0. The van der Waals surface area contributed by atoms with E-state index in [0.717, 1.165) is 33.7 Å². The summed E-state index contributed by atoms with van der Waals surface area (Å²) in [5.74, 6) is 0.618. The molecule has 0 radical (unpaired) electrons. The maximum Gasteiger partial charge on any atom is 0.227 e. The van der Waals surface area contributed by atoms with E-state index < -0.39 is 5.41 Å². The molecule has 0 saturated heterocycles. The van der Waals surface area contributed by atoms with Crippen molar-refractivity contribution in [2.24, 2.45) is 0 Å². The molecule has 0 spiro atoms. The van der Waals surface area contributed by atoms with E-state index in [1.165, 1.54) is 55.6 Å². The van der Waals surface area contributed by atoms with Crippen LogP contribution in [0.2, 0.25) is 0 Å². The molecule has 0 atom stereocenters. The monoisotopic (exact) mass is 718 g/mol. The van der Waals surface area contributed by atoms with Crippen molar-refractivity contribution >= 4 is 28.2 Å². The molecule has 0 bridgehead atoms. The molecule has 1 aromatic heterocycles. The Morgan fingerprint density at radius 2 is 0.911 bits per heavy atom. The smallest absolute Gasteiger partial charge is 0.227 e. The maximum atomic E-state index is 6.32. The van der Waals surface area contributed by atoms with Gasteiger partial charge in [-0.15, -0.1) is 0 Å². The van der Waals surface area contributed by atoms with Crippen LogP contribution in [-0.4, -0.2) is 4.98 Å². The summed E-state index contributed by atoms with van der Waals surface area (Å²) in [6, 6.07) is 70.4. The van der Waals surface area contributed by atoms with Crippen LogP contribution in [0.4, 0.5) is 17.1 Å². The average Bonchev–Trinajstić information content (AvgIpc) is 3.89. The summed E-state index contributed by atoms with van der Waals surface area (Å²) in [5, 5.41) is 0. The second kappa shape index (κ2) is 12.3. The van der Waals surface area contributed by atoms with Crippen molar-refractivity contribution in [2.45, 2.75) is 24.7 Å². The molecule has 3 heteroatoms. The fourth-order valence-electron chi connectivity index (χ4n) is 9.61. The third kappa shape index (κ3) is 4.67. The topological polar surface area (TPSA) is 29.3 Å². The van der Waals surface area contributed by atoms with Crippen molar-refractivity contribution < 1.29 is 4.42 Å². The third-order valence-corrected chi connectivity index (χ3v) is 12.2. The molecule has 0 amide bonds. The summed E-state index contributed by atoms with van der Waals surface area (Å²) in [4.78, 5) is 7.42. The van der Waals surface area contributed by atoms with Gasteiger partial charge in [-0.05, 0) is 110 Å². The lowest BCUT2D eigenvalue weighted by molar-refractivity contribution is 0.620. The Balaban J connectivity index is 1.16. The first-order valence-corrected chi connectivity index (χ1v) is 19.4. The van der Waals surface area contributed by atoms with Gasteiger partial charge in [-0.2, -0.15) is 0 Å². The molecule has 56 heavy (non-hydrogen) atoms. The van der Waals surface area contributed by atoms with E-state index in [1.54, 1.807) is 0 Å². The van der Waals surface area contributed by atoms with Gasteiger partial charge in [0.2, 0.25) is 5.89 Å². The molecule has 0 N–H and O–H groups in total. The lowest BCUT2D eigenvalue weighted by Gasteiger charge is -2.35. The van der Waals surface area contributed by atoms with Crippen molar-refractivity contribution in [1.82, 2.24) is 4.98 Å². The zero-order chi connectivity index (χ0) is 37.4. The van der Waals surface area contributed by atoms with E-state index in [0.29, 0.717) is 5.89 Å². The first kappa shape index (κ1) is 32.5. The minimum Gasteiger partial charge on any atom is -0.436 e. The molecule has 0 saturated carbocycles. The lowest BCUT2D eigenvalue weighted by Crippen LogP contribution is -2.28.